The zero-order chi connectivity index (χ0) is 22.4. The topological polar surface area (TPSA) is 71.1 Å². The van der Waals surface area contributed by atoms with E-state index in [1.165, 1.54) is 4.90 Å². The number of hydrogen-bond acceptors (Lipinski definition) is 5. The highest BCUT2D eigenvalue weighted by Gasteiger charge is 2.42. The van der Waals surface area contributed by atoms with Crippen LogP contribution < -0.4 is 14.8 Å². The van der Waals surface area contributed by atoms with E-state index < -0.39 is 6.04 Å². The van der Waals surface area contributed by atoms with Crippen LogP contribution in [-0.2, 0) is 16.1 Å². The Balaban J connectivity index is 1.75. The first-order valence-electron chi connectivity index (χ1n) is 9.76. The molecule has 7 nitrogen and oxygen atoms in total. The Morgan fingerprint density at radius 3 is 2.23 bits per heavy atom. The van der Waals surface area contributed by atoms with Crippen molar-refractivity contribution in [3.05, 3.63) is 66.7 Å². The fourth-order valence-electron chi connectivity index (χ4n) is 3.36. The van der Waals surface area contributed by atoms with Gasteiger partial charge in [-0.15, -0.1) is 6.58 Å². The molecule has 2 aromatic carbocycles. The van der Waals surface area contributed by atoms with Crippen LogP contribution in [0.4, 0.5) is 5.69 Å². The molecule has 8 heteroatoms. The van der Waals surface area contributed by atoms with Crippen molar-refractivity contribution in [2.75, 3.05) is 26.1 Å². The standard InChI is InChI=1S/C23H25N3O4S/c1-4-13-25-22(28)20(14-21(27)24-17-7-11-19(30-3)12-8-17)26(23(25)31)15-16-5-9-18(29-2)10-6-16/h4-12,20H,1,13-15H2,2-3H3,(H,24,27). The number of carbonyl (C=O) groups excluding carboxylic acids is 2. The molecular weight excluding hydrogens is 414 g/mol. The first-order chi connectivity index (χ1) is 15.0. The molecule has 2 amide bonds. The Kier molecular flexibility index (Phi) is 7.25. The molecule has 3 rings (SSSR count). The molecule has 1 saturated heterocycles. The van der Waals surface area contributed by atoms with Gasteiger partial charge in [-0.1, -0.05) is 18.2 Å². The van der Waals surface area contributed by atoms with Gasteiger partial charge in [0, 0.05) is 18.8 Å². The van der Waals surface area contributed by atoms with Crippen LogP contribution in [0.3, 0.4) is 0 Å². The van der Waals surface area contributed by atoms with E-state index in [2.05, 4.69) is 11.9 Å². The fraction of sp³-hybridized carbons (Fsp3) is 0.261. The predicted molar refractivity (Wildman–Crippen MR) is 123 cm³/mol. The van der Waals surface area contributed by atoms with Crippen molar-refractivity contribution in [1.29, 1.82) is 0 Å². The van der Waals surface area contributed by atoms with E-state index in [-0.39, 0.29) is 18.2 Å². The van der Waals surface area contributed by atoms with Gasteiger partial charge in [-0.25, -0.2) is 0 Å². The van der Waals surface area contributed by atoms with E-state index >= 15 is 0 Å². The molecule has 1 fully saturated rings. The summed E-state index contributed by atoms with van der Waals surface area (Å²) in [7, 11) is 3.18. The summed E-state index contributed by atoms with van der Waals surface area (Å²) < 4.78 is 10.3. The van der Waals surface area contributed by atoms with Gasteiger partial charge in [0.15, 0.2) is 5.11 Å². The summed E-state index contributed by atoms with van der Waals surface area (Å²) in [6.07, 6.45) is 1.60. The summed E-state index contributed by atoms with van der Waals surface area (Å²) in [5.41, 5.74) is 1.58. The molecule has 0 bridgehead atoms. The van der Waals surface area contributed by atoms with E-state index in [0.717, 1.165) is 11.3 Å². The third-order valence-corrected chi connectivity index (χ3v) is 5.43. The van der Waals surface area contributed by atoms with E-state index in [4.69, 9.17) is 21.7 Å². The molecule has 0 spiro atoms. The average molecular weight is 440 g/mol. The van der Waals surface area contributed by atoms with Gasteiger partial charge in [0.25, 0.3) is 5.91 Å². The Labute approximate surface area is 187 Å². The lowest BCUT2D eigenvalue weighted by molar-refractivity contribution is -0.130. The van der Waals surface area contributed by atoms with Gasteiger partial charge in [0.05, 0.1) is 20.6 Å². The van der Waals surface area contributed by atoms with Crippen molar-refractivity contribution in [3.8, 4) is 11.5 Å². The molecule has 0 aliphatic carbocycles. The van der Waals surface area contributed by atoms with E-state index in [1.807, 2.05) is 24.3 Å². The number of nitrogens with zero attached hydrogens (tertiary/aromatic N) is 2. The molecule has 0 radical (unpaired) electrons. The molecule has 1 N–H and O–H groups in total. The summed E-state index contributed by atoms with van der Waals surface area (Å²) in [4.78, 5) is 29.0. The molecule has 1 aliphatic rings. The Hall–Kier alpha value is -3.39. The molecule has 162 valence electrons. The van der Waals surface area contributed by atoms with Crippen molar-refractivity contribution in [2.45, 2.75) is 19.0 Å². The maximum atomic E-state index is 13.0. The highest BCUT2D eigenvalue weighted by atomic mass is 32.1. The van der Waals surface area contributed by atoms with Crippen LogP contribution in [0.1, 0.15) is 12.0 Å². The van der Waals surface area contributed by atoms with E-state index in [0.29, 0.717) is 29.6 Å². The van der Waals surface area contributed by atoms with Crippen LogP contribution in [0.5, 0.6) is 11.5 Å². The lowest BCUT2D eigenvalue weighted by Gasteiger charge is -2.24. The average Bonchev–Trinajstić information content (AvgIpc) is 2.99. The quantitative estimate of drug-likeness (QED) is 0.478. The summed E-state index contributed by atoms with van der Waals surface area (Å²) in [5.74, 6) is 0.961. The Bertz CT molecular complexity index is 960. The monoisotopic (exact) mass is 439 g/mol. The molecule has 0 saturated carbocycles. The third-order valence-electron chi connectivity index (χ3n) is 4.98. The molecule has 1 unspecified atom stereocenters. The number of benzene rings is 2. The first kappa shape index (κ1) is 22.3. The predicted octanol–water partition coefficient (Wildman–Crippen LogP) is 3.22. The zero-order valence-electron chi connectivity index (χ0n) is 17.5. The van der Waals surface area contributed by atoms with Gasteiger partial charge in [-0.05, 0) is 54.2 Å². The maximum Gasteiger partial charge on any atom is 0.252 e. The second-order valence-electron chi connectivity index (χ2n) is 6.99. The van der Waals surface area contributed by atoms with Crippen molar-refractivity contribution in [2.24, 2.45) is 0 Å². The van der Waals surface area contributed by atoms with Gasteiger partial charge >= 0.3 is 0 Å². The minimum absolute atomic E-state index is 0.0190. The number of hydrogen-bond donors (Lipinski definition) is 1. The van der Waals surface area contributed by atoms with Crippen molar-refractivity contribution >= 4 is 34.8 Å². The van der Waals surface area contributed by atoms with Crippen LogP contribution in [0.2, 0.25) is 0 Å². The zero-order valence-corrected chi connectivity index (χ0v) is 18.4. The summed E-state index contributed by atoms with van der Waals surface area (Å²) in [6.45, 7) is 4.41. The van der Waals surface area contributed by atoms with Crippen LogP contribution in [-0.4, -0.2) is 53.5 Å². The van der Waals surface area contributed by atoms with Crippen LogP contribution >= 0.6 is 12.2 Å². The molecule has 31 heavy (non-hydrogen) atoms. The number of amides is 2. The normalized spacial score (nSPS) is 15.7. The number of methoxy groups -OCH3 is 2. The van der Waals surface area contributed by atoms with Crippen LogP contribution in [0.25, 0.3) is 0 Å². The van der Waals surface area contributed by atoms with Gasteiger partial charge in [-0.3, -0.25) is 14.5 Å². The summed E-state index contributed by atoms with van der Waals surface area (Å²) >= 11 is 5.55. The number of nitrogens with one attached hydrogen (secondary N) is 1. The summed E-state index contributed by atoms with van der Waals surface area (Å²) in [5, 5.41) is 3.22. The van der Waals surface area contributed by atoms with Crippen molar-refractivity contribution in [3.63, 3.8) is 0 Å². The van der Waals surface area contributed by atoms with Crippen molar-refractivity contribution in [1.82, 2.24) is 9.80 Å². The smallest absolute Gasteiger partial charge is 0.252 e. The Morgan fingerprint density at radius 2 is 1.68 bits per heavy atom. The molecule has 2 aromatic rings. The molecule has 1 heterocycles. The first-order valence-corrected chi connectivity index (χ1v) is 10.2. The lowest BCUT2D eigenvalue weighted by Crippen LogP contribution is -2.37. The molecular formula is C23H25N3O4S. The highest BCUT2D eigenvalue weighted by molar-refractivity contribution is 7.80. The summed E-state index contributed by atoms with van der Waals surface area (Å²) in [6, 6.07) is 13.8. The van der Waals surface area contributed by atoms with Gasteiger partial charge < -0.3 is 19.7 Å². The largest absolute Gasteiger partial charge is 0.497 e. The minimum atomic E-state index is -0.687. The van der Waals surface area contributed by atoms with E-state index in [9.17, 15) is 9.59 Å². The van der Waals surface area contributed by atoms with Crippen molar-refractivity contribution < 1.29 is 19.1 Å². The van der Waals surface area contributed by atoms with Gasteiger partial charge in [0.1, 0.15) is 17.5 Å². The SMILES string of the molecule is C=CCN1C(=O)C(CC(=O)Nc2ccc(OC)cc2)N(Cc2ccc(OC)cc2)C1=S. The van der Waals surface area contributed by atoms with E-state index in [1.54, 1.807) is 49.5 Å². The minimum Gasteiger partial charge on any atom is -0.497 e. The second-order valence-corrected chi connectivity index (χ2v) is 7.36. The lowest BCUT2D eigenvalue weighted by atomic mass is 10.1. The van der Waals surface area contributed by atoms with Crippen LogP contribution in [0, 0.1) is 0 Å². The number of rotatable bonds is 9. The van der Waals surface area contributed by atoms with Gasteiger partial charge in [0.2, 0.25) is 5.91 Å². The maximum absolute atomic E-state index is 13.0. The number of ether oxygens (including phenoxy) is 2. The van der Waals surface area contributed by atoms with Crippen LogP contribution in [0.15, 0.2) is 61.2 Å². The number of carbonyl (C=O) groups is 2. The molecule has 1 aliphatic heterocycles. The molecule has 0 aromatic heterocycles. The highest BCUT2D eigenvalue weighted by Crippen LogP contribution is 2.25. The Morgan fingerprint density at radius 1 is 1.10 bits per heavy atom. The van der Waals surface area contributed by atoms with Gasteiger partial charge in [-0.2, -0.15) is 0 Å². The second kappa shape index (κ2) is 10.1. The third kappa shape index (κ3) is 5.21. The number of thiocarbonyl (C=S) groups is 1. The molecule has 1 atom stereocenters. The fourth-order valence-corrected chi connectivity index (χ4v) is 3.71. The number of anilines is 1.